The summed E-state index contributed by atoms with van der Waals surface area (Å²) in [4.78, 5) is 11.5. The van der Waals surface area contributed by atoms with Gasteiger partial charge >= 0.3 is 0 Å². The van der Waals surface area contributed by atoms with E-state index in [4.69, 9.17) is 0 Å². The number of benzene rings is 1. The van der Waals surface area contributed by atoms with Gasteiger partial charge in [0.15, 0.2) is 0 Å². The van der Waals surface area contributed by atoms with Crippen molar-refractivity contribution >= 4 is 5.91 Å². The Balaban J connectivity index is 2.12. The average Bonchev–Trinajstić information content (AvgIpc) is 2.47. The van der Waals surface area contributed by atoms with E-state index in [-0.39, 0.29) is 5.91 Å². The fourth-order valence-electron chi connectivity index (χ4n) is 1.73. The minimum atomic E-state index is -0.0447. The van der Waals surface area contributed by atoms with Crippen molar-refractivity contribution in [1.29, 1.82) is 0 Å². The van der Waals surface area contributed by atoms with Gasteiger partial charge in [-0.25, -0.2) is 0 Å². The molecule has 0 saturated heterocycles. The molecule has 0 bridgehead atoms. The third kappa shape index (κ3) is 8.09. The SMILES string of the molecule is C=CCCC/C=C/C=C/C(=O)NCCc1ccccc1. The Labute approximate surface area is 121 Å². The third-order valence-electron chi connectivity index (χ3n) is 2.83. The average molecular weight is 269 g/mol. The zero-order valence-corrected chi connectivity index (χ0v) is 11.9. The molecule has 2 nitrogen and oxygen atoms in total. The van der Waals surface area contributed by atoms with Crippen LogP contribution in [0.5, 0.6) is 0 Å². The first-order valence-corrected chi connectivity index (χ1v) is 7.09. The number of hydrogen-bond donors (Lipinski definition) is 1. The molecule has 1 aromatic carbocycles. The van der Waals surface area contributed by atoms with E-state index in [1.54, 1.807) is 12.2 Å². The lowest BCUT2D eigenvalue weighted by molar-refractivity contribution is -0.116. The summed E-state index contributed by atoms with van der Waals surface area (Å²) in [5, 5.41) is 2.87. The molecule has 1 aromatic rings. The van der Waals surface area contributed by atoms with Crippen molar-refractivity contribution in [3.8, 4) is 0 Å². The first kappa shape index (κ1) is 16.0. The third-order valence-corrected chi connectivity index (χ3v) is 2.83. The quantitative estimate of drug-likeness (QED) is 0.314. The van der Waals surface area contributed by atoms with Crippen LogP contribution < -0.4 is 5.32 Å². The lowest BCUT2D eigenvalue weighted by Crippen LogP contribution is -2.23. The maximum absolute atomic E-state index is 11.5. The number of hydrogen-bond acceptors (Lipinski definition) is 1. The number of nitrogens with one attached hydrogen (secondary N) is 1. The highest BCUT2D eigenvalue weighted by Crippen LogP contribution is 1.98. The molecule has 0 atom stereocenters. The van der Waals surface area contributed by atoms with Crippen molar-refractivity contribution in [3.05, 3.63) is 72.9 Å². The summed E-state index contributed by atoms with van der Waals surface area (Å²) in [6, 6.07) is 10.1. The highest BCUT2D eigenvalue weighted by molar-refractivity contribution is 5.87. The first-order chi connectivity index (χ1) is 9.83. The van der Waals surface area contributed by atoms with Crippen LogP contribution >= 0.6 is 0 Å². The van der Waals surface area contributed by atoms with Gasteiger partial charge in [0.2, 0.25) is 5.91 Å². The van der Waals surface area contributed by atoms with Gasteiger partial charge in [0.1, 0.15) is 0 Å². The van der Waals surface area contributed by atoms with Crippen molar-refractivity contribution in [2.24, 2.45) is 0 Å². The normalized spacial score (nSPS) is 11.0. The van der Waals surface area contributed by atoms with Crippen LogP contribution in [0.2, 0.25) is 0 Å². The summed E-state index contributed by atoms with van der Waals surface area (Å²) in [6.45, 7) is 4.34. The molecule has 0 aliphatic rings. The van der Waals surface area contributed by atoms with E-state index in [1.807, 2.05) is 30.4 Å². The lowest BCUT2D eigenvalue weighted by atomic mass is 10.1. The van der Waals surface area contributed by atoms with E-state index in [9.17, 15) is 4.79 Å². The van der Waals surface area contributed by atoms with E-state index >= 15 is 0 Å². The molecule has 0 aromatic heterocycles. The van der Waals surface area contributed by atoms with Crippen molar-refractivity contribution in [3.63, 3.8) is 0 Å². The van der Waals surface area contributed by atoms with Crippen LogP contribution in [0, 0.1) is 0 Å². The molecular formula is C18H23NO. The van der Waals surface area contributed by atoms with Crippen LogP contribution in [0.15, 0.2) is 67.3 Å². The summed E-state index contributed by atoms with van der Waals surface area (Å²) in [5.41, 5.74) is 1.24. The Kier molecular flexibility index (Phi) is 8.62. The van der Waals surface area contributed by atoms with Crippen molar-refractivity contribution in [2.75, 3.05) is 6.54 Å². The summed E-state index contributed by atoms with van der Waals surface area (Å²) < 4.78 is 0. The highest BCUT2D eigenvalue weighted by Gasteiger charge is 1.94. The molecule has 1 amide bonds. The molecule has 0 aliphatic heterocycles. The van der Waals surface area contributed by atoms with E-state index in [1.165, 1.54) is 5.56 Å². The Bertz CT molecular complexity index is 446. The van der Waals surface area contributed by atoms with E-state index < -0.39 is 0 Å². The zero-order valence-electron chi connectivity index (χ0n) is 11.9. The fourth-order valence-corrected chi connectivity index (χ4v) is 1.73. The lowest BCUT2D eigenvalue weighted by Gasteiger charge is -2.01. The number of carbonyl (C=O) groups is 1. The maximum atomic E-state index is 11.5. The number of allylic oxidation sites excluding steroid dienone is 4. The Morgan fingerprint density at radius 1 is 1.15 bits per heavy atom. The van der Waals surface area contributed by atoms with Crippen molar-refractivity contribution in [2.45, 2.75) is 25.7 Å². The second-order valence-electron chi connectivity index (χ2n) is 4.53. The summed E-state index contributed by atoms with van der Waals surface area (Å²) in [5.74, 6) is -0.0447. The molecule has 1 rings (SSSR count). The van der Waals surface area contributed by atoms with Gasteiger partial charge in [0, 0.05) is 12.6 Å². The minimum absolute atomic E-state index is 0.0447. The Hall–Kier alpha value is -2.09. The van der Waals surface area contributed by atoms with Crippen LogP contribution in [-0.2, 0) is 11.2 Å². The topological polar surface area (TPSA) is 29.1 Å². The molecule has 20 heavy (non-hydrogen) atoms. The molecule has 0 spiro atoms. The van der Waals surface area contributed by atoms with Gasteiger partial charge in [-0.15, -0.1) is 6.58 Å². The highest BCUT2D eigenvalue weighted by atomic mass is 16.1. The van der Waals surface area contributed by atoms with E-state index in [0.717, 1.165) is 25.7 Å². The minimum Gasteiger partial charge on any atom is -0.352 e. The summed E-state index contributed by atoms with van der Waals surface area (Å²) in [7, 11) is 0. The van der Waals surface area contributed by atoms with Crippen molar-refractivity contribution in [1.82, 2.24) is 5.32 Å². The predicted molar refractivity (Wildman–Crippen MR) is 85.5 cm³/mol. The Morgan fingerprint density at radius 2 is 1.95 bits per heavy atom. The second kappa shape index (κ2) is 10.8. The summed E-state index contributed by atoms with van der Waals surface area (Å²) in [6.07, 6.45) is 13.3. The Morgan fingerprint density at radius 3 is 2.70 bits per heavy atom. The molecule has 0 fully saturated rings. The first-order valence-electron chi connectivity index (χ1n) is 7.09. The molecule has 0 unspecified atom stereocenters. The number of unbranched alkanes of at least 4 members (excludes halogenated alkanes) is 2. The molecule has 0 radical (unpaired) electrons. The van der Waals surface area contributed by atoms with Crippen LogP contribution in [-0.4, -0.2) is 12.5 Å². The maximum Gasteiger partial charge on any atom is 0.243 e. The monoisotopic (exact) mass is 269 g/mol. The van der Waals surface area contributed by atoms with E-state index in [2.05, 4.69) is 30.1 Å². The van der Waals surface area contributed by atoms with Gasteiger partial charge in [0.25, 0.3) is 0 Å². The molecule has 0 heterocycles. The molecule has 0 saturated carbocycles. The van der Waals surface area contributed by atoms with Gasteiger partial charge in [-0.05, 0) is 31.2 Å². The van der Waals surface area contributed by atoms with Crippen LogP contribution in [0.1, 0.15) is 24.8 Å². The van der Waals surface area contributed by atoms with E-state index in [0.29, 0.717) is 6.54 Å². The van der Waals surface area contributed by atoms with Crippen LogP contribution in [0.3, 0.4) is 0 Å². The van der Waals surface area contributed by atoms with Gasteiger partial charge < -0.3 is 5.32 Å². The fraction of sp³-hybridized carbons (Fsp3) is 0.278. The van der Waals surface area contributed by atoms with Crippen molar-refractivity contribution < 1.29 is 4.79 Å². The number of amides is 1. The number of carbonyl (C=O) groups excluding carboxylic acids is 1. The molecule has 106 valence electrons. The number of rotatable bonds is 9. The zero-order chi connectivity index (χ0) is 14.5. The molecular weight excluding hydrogens is 246 g/mol. The standard InChI is InChI=1S/C18H23NO/c1-2-3-4-5-6-7-11-14-18(20)19-16-15-17-12-9-8-10-13-17/h2,6-14H,1,3-5,15-16H2,(H,19,20)/b7-6+,14-11+. The second-order valence-corrected chi connectivity index (χ2v) is 4.53. The van der Waals surface area contributed by atoms with Gasteiger partial charge in [0.05, 0.1) is 0 Å². The van der Waals surface area contributed by atoms with Gasteiger partial charge in [-0.3, -0.25) is 4.79 Å². The largest absolute Gasteiger partial charge is 0.352 e. The summed E-state index contributed by atoms with van der Waals surface area (Å²) >= 11 is 0. The van der Waals surface area contributed by atoms with Gasteiger partial charge in [-0.2, -0.15) is 0 Å². The molecule has 1 N–H and O–H groups in total. The van der Waals surface area contributed by atoms with Gasteiger partial charge in [-0.1, -0.05) is 54.6 Å². The van der Waals surface area contributed by atoms with Crippen LogP contribution in [0.25, 0.3) is 0 Å². The molecule has 0 aliphatic carbocycles. The smallest absolute Gasteiger partial charge is 0.243 e. The van der Waals surface area contributed by atoms with Crippen LogP contribution in [0.4, 0.5) is 0 Å². The predicted octanol–water partition coefficient (Wildman–Crippen LogP) is 3.81. The molecule has 2 heteroatoms.